The Bertz CT molecular complexity index is 726. The molecule has 21 heavy (non-hydrogen) atoms. The van der Waals surface area contributed by atoms with Gasteiger partial charge in [-0.1, -0.05) is 12.1 Å². The minimum Gasteiger partial charge on any atom is -0.264 e. The third-order valence-corrected chi connectivity index (χ3v) is 3.45. The van der Waals surface area contributed by atoms with Gasteiger partial charge in [0.05, 0.1) is 4.92 Å². The number of hydrogen-bond acceptors (Lipinski definition) is 6. The van der Waals surface area contributed by atoms with Gasteiger partial charge in [0.15, 0.2) is 5.82 Å². The first-order chi connectivity index (χ1) is 10.0. The summed E-state index contributed by atoms with van der Waals surface area (Å²) in [6.45, 7) is 0.185. The highest BCUT2D eigenvalue weighted by Crippen LogP contribution is 2.23. The van der Waals surface area contributed by atoms with Gasteiger partial charge in [0.1, 0.15) is 12.4 Å². The molecule has 0 saturated heterocycles. The molecule has 9 nitrogen and oxygen atoms in total. The lowest BCUT2D eigenvalue weighted by Gasteiger charge is -2.15. The van der Waals surface area contributed by atoms with E-state index in [-0.39, 0.29) is 17.2 Å². The molecule has 1 unspecified atom stereocenters. The van der Waals surface area contributed by atoms with E-state index in [2.05, 4.69) is 10.1 Å². The lowest BCUT2D eigenvalue weighted by Crippen LogP contribution is -2.31. The van der Waals surface area contributed by atoms with Crippen LogP contribution >= 0.6 is 0 Å². The van der Waals surface area contributed by atoms with Crippen LogP contribution in [0, 0.1) is 20.2 Å². The van der Waals surface area contributed by atoms with Crippen molar-refractivity contribution < 1.29 is 9.85 Å². The number of nitro benzene ring substituents is 1. The molecule has 0 amide bonds. The highest BCUT2D eigenvalue weighted by atomic mass is 16.6. The smallest absolute Gasteiger partial charge is 0.264 e. The minimum atomic E-state index is -0.655. The molecule has 3 rings (SSSR count). The molecule has 0 fully saturated rings. The number of nitrogens with zero attached hydrogens (tertiary/aromatic N) is 5. The van der Waals surface area contributed by atoms with Crippen molar-refractivity contribution in [2.75, 3.05) is 0 Å². The Kier molecular flexibility index (Phi) is 3.09. The third kappa shape index (κ3) is 2.45. The predicted molar refractivity (Wildman–Crippen MR) is 71.2 cm³/mol. The van der Waals surface area contributed by atoms with Gasteiger partial charge in [-0.05, 0) is 0 Å². The fourth-order valence-electron chi connectivity index (χ4n) is 2.35. The molecule has 2 aromatic rings. The first-order valence-electron chi connectivity index (χ1n) is 6.36. The van der Waals surface area contributed by atoms with Crippen molar-refractivity contribution in [3.05, 3.63) is 50.3 Å². The second kappa shape index (κ2) is 4.93. The maximum Gasteiger partial charge on any atom is 0.270 e. The molecule has 1 aliphatic rings. The molecule has 0 saturated carbocycles. The van der Waals surface area contributed by atoms with Gasteiger partial charge in [0.25, 0.3) is 5.69 Å². The molecule has 0 spiro atoms. The van der Waals surface area contributed by atoms with Crippen molar-refractivity contribution in [1.82, 2.24) is 14.8 Å². The second-order valence-corrected chi connectivity index (χ2v) is 4.82. The summed E-state index contributed by atoms with van der Waals surface area (Å²) in [6, 6.07) is 5.37. The van der Waals surface area contributed by atoms with Crippen LogP contribution in [-0.4, -0.2) is 30.7 Å². The van der Waals surface area contributed by atoms with Crippen LogP contribution in [0.4, 0.5) is 5.69 Å². The molecule has 0 bridgehead atoms. The highest BCUT2D eigenvalue weighted by molar-refractivity contribution is 5.58. The van der Waals surface area contributed by atoms with Crippen molar-refractivity contribution in [2.45, 2.75) is 25.4 Å². The number of hydrogen-bond donors (Lipinski definition) is 0. The van der Waals surface area contributed by atoms with Crippen molar-refractivity contribution in [1.29, 1.82) is 0 Å². The molecular formula is C12H11N5O4. The van der Waals surface area contributed by atoms with Crippen LogP contribution in [0.25, 0.3) is 11.4 Å². The number of non-ortho nitro benzene ring substituents is 1. The average Bonchev–Trinajstić information content (AvgIpc) is 2.90. The third-order valence-electron chi connectivity index (χ3n) is 3.45. The Balaban J connectivity index is 1.93. The molecule has 0 aliphatic carbocycles. The molecule has 108 valence electrons. The van der Waals surface area contributed by atoms with Gasteiger partial charge in [-0.2, -0.15) is 5.10 Å². The normalized spacial score (nSPS) is 17.2. The van der Waals surface area contributed by atoms with Crippen LogP contribution in [-0.2, 0) is 13.0 Å². The van der Waals surface area contributed by atoms with E-state index >= 15 is 0 Å². The number of benzene rings is 1. The first-order valence-corrected chi connectivity index (χ1v) is 6.36. The SMILES string of the molecule is O=[N+]([O-])c1cccc(-c2nc3n(n2)CC([N+](=O)[O-])CC3)c1. The van der Waals surface area contributed by atoms with Crippen LogP contribution in [0.1, 0.15) is 12.2 Å². The molecule has 9 heteroatoms. The van der Waals surface area contributed by atoms with Gasteiger partial charge >= 0.3 is 0 Å². The molecule has 2 heterocycles. The van der Waals surface area contributed by atoms with Gasteiger partial charge in [-0.25, -0.2) is 9.67 Å². The predicted octanol–water partition coefficient (Wildman–Crippen LogP) is 1.44. The topological polar surface area (TPSA) is 117 Å². The number of fused-ring (bicyclic) bond motifs is 1. The quantitative estimate of drug-likeness (QED) is 0.623. The summed E-state index contributed by atoms with van der Waals surface area (Å²) < 4.78 is 1.52. The first kappa shape index (κ1) is 13.2. The van der Waals surface area contributed by atoms with Crippen molar-refractivity contribution >= 4 is 5.69 Å². The maximum atomic E-state index is 10.8. The molecular weight excluding hydrogens is 278 g/mol. The Hall–Kier alpha value is -2.84. The highest BCUT2D eigenvalue weighted by Gasteiger charge is 2.29. The van der Waals surface area contributed by atoms with Crippen LogP contribution < -0.4 is 0 Å². The second-order valence-electron chi connectivity index (χ2n) is 4.82. The van der Waals surface area contributed by atoms with Gasteiger partial charge < -0.3 is 0 Å². The van der Waals surface area contributed by atoms with Crippen molar-refractivity contribution in [3.63, 3.8) is 0 Å². The number of aryl methyl sites for hydroxylation is 1. The number of nitro groups is 2. The van der Waals surface area contributed by atoms with Crippen LogP contribution in [0.5, 0.6) is 0 Å². The van der Waals surface area contributed by atoms with Gasteiger partial charge in [-0.15, -0.1) is 0 Å². The largest absolute Gasteiger partial charge is 0.270 e. The fourth-order valence-corrected chi connectivity index (χ4v) is 2.35. The van der Waals surface area contributed by atoms with Gasteiger partial charge in [0.2, 0.25) is 6.04 Å². The summed E-state index contributed by atoms with van der Waals surface area (Å²) in [7, 11) is 0. The van der Waals surface area contributed by atoms with E-state index in [4.69, 9.17) is 0 Å². The zero-order chi connectivity index (χ0) is 15.0. The Morgan fingerprint density at radius 3 is 2.81 bits per heavy atom. The lowest BCUT2D eigenvalue weighted by atomic mass is 10.1. The minimum absolute atomic E-state index is 0.0385. The van der Waals surface area contributed by atoms with Crippen LogP contribution in [0.2, 0.25) is 0 Å². The van der Waals surface area contributed by atoms with Crippen molar-refractivity contribution in [3.8, 4) is 11.4 Å². The maximum absolute atomic E-state index is 10.8. The fraction of sp³-hybridized carbons (Fsp3) is 0.333. The average molecular weight is 289 g/mol. The molecule has 1 aliphatic heterocycles. The molecule has 1 atom stereocenters. The van der Waals surface area contributed by atoms with E-state index < -0.39 is 11.0 Å². The van der Waals surface area contributed by atoms with E-state index in [0.29, 0.717) is 30.1 Å². The zero-order valence-corrected chi connectivity index (χ0v) is 10.9. The van der Waals surface area contributed by atoms with Crippen LogP contribution in [0.3, 0.4) is 0 Å². The van der Waals surface area contributed by atoms with E-state index in [1.807, 2.05) is 0 Å². The monoisotopic (exact) mass is 289 g/mol. The molecule has 1 aromatic carbocycles. The van der Waals surface area contributed by atoms with E-state index in [0.717, 1.165) is 0 Å². The van der Waals surface area contributed by atoms with Crippen molar-refractivity contribution in [2.24, 2.45) is 0 Å². The molecule has 1 aromatic heterocycles. The summed E-state index contributed by atoms with van der Waals surface area (Å²) in [6.07, 6.45) is 0.910. The summed E-state index contributed by atoms with van der Waals surface area (Å²) >= 11 is 0. The summed E-state index contributed by atoms with van der Waals surface area (Å²) in [4.78, 5) is 25.1. The van der Waals surface area contributed by atoms with Gasteiger partial charge in [-0.3, -0.25) is 20.2 Å². The zero-order valence-electron chi connectivity index (χ0n) is 10.9. The van der Waals surface area contributed by atoms with Crippen LogP contribution in [0.15, 0.2) is 24.3 Å². The summed E-state index contributed by atoms with van der Waals surface area (Å²) in [5.41, 5.74) is 0.493. The standard InChI is InChI=1S/C12H11N5O4/c18-16(19)9-3-1-2-8(6-9)12-13-11-5-4-10(17(20)21)7-15(11)14-12/h1-3,6,10H,4-5,7H2. The number of rotatable bonds is 3. The number of aromatic nitrogens is 3. The summed E-state index contributed by atoms with van der Waals surface area (Å²) in [5, 5.41) is 25.8. The summed E-state index contributed by atoms with van der Waals surface area (Å²) in [5.74, 6) is 1.03. The van der Waals surface area contributed by atoms with Gasteiger partial charge in [0, 0.05) is 35.5 Å². The Labute approximate surface area is 118 Å². The van der Waals surface area contributed by atoms with E-state index in [1.54, 1.807) is 12.1 Å². The lowest BCUT2D eigenvalue weighted by molar-refractivity contribution is -0.527. The van der Waals surface area contributed by atoms with E-state index in [9.17, 15) is 20.2 Å². The Morgan fingerprint density at radius 1 is 1.29 bits per heavy atom. The van der Waals surface area contributed by atoms with E-state index in [1.165, 1.54) is 16.8 Å². The Morgan fingerprint density at radius 2 is 2.10 bits per heavy atom. The molecule has 0 radical (unpaired) electrons. The molecule has 0 N–H and O–H groups in total.